The molecule has 0 aliphatic heterocycles. The Balaban J connectivity index is 1.83. The maximum Gasteiger partial charge on any atom is 0.122 e. The van der Waals surface area contributed by atoms with Gasteiger partial charge in [-0.1, -0.05) is 64.5 Å². The van der Waals surface area contributed by atoms with Crippen molar-refractivity contribution in [2.24, 2.45) is 0 Å². The topological polar surface area (TPSA) is 101 Å². The fraction of sp³-hybridized carbons (Fsp3) is 0.455. The van der Waals surface area contributed by atoms with E-state index in [0.717, 1.165) is 86.5 Å². The summed E-state index contributed by atoms with van der Waals surface area (Å²) in [6.07, 6.45) is 11.1. The summed E-state index contributed by atoms with van der Waals surface area (Å²) in [6, 6.07) is 10.4. The average molecular weight is 521 g/mol. The zero-order valence-corrected chi connectivity index (χ0v) is 23.2. The van der Waals surface area contributed by atoms with Gasteiger partial charge in [-0.3, -0.25) is 0 Å². The van der Waals surface area contributed by atoms with Crippen molar-refractivity contribution in [3.8, 4) is 28.7 Å². The van der Waals surface area contributed by atoms with Crippen molar-refractivity contribution in [1.82, 2.24) is 0 Å². The van der Waals surface area contributed by atoms with Crippen molar-refractivity contribution in [2.75, 3.05) is 0 Å². The van der Waals surface area contributed by atoms with Crippen molar-refractivity contribution in [3.05, 3.63) is 75.3 Å². The van der Waals surface area contributed by atoms with E-state index in [1.807, 2.05) is 31.2 Å². The summed E-state index contributed by atoms with van der Waals surface area (Å²) in [5.74, 6) is 0.461. The lowest BCUT2D eigenvalue weighted by molar-refractivity contribution is 0.440. The normalized spacial score (nSPS) is 11.2. The van der Waals surface area contributed by atoms with Gasteiger partial charge in [0.1, 0.15) is 28.7 Å². The molecular formula is C33H44O5. The Morgan fingerprint density at radius 2 is 0.947 bits per heavy atom. The van der Waals surface area contributed by atoms with E-state index < -0.39 is 0 Å². The minimum Gasteiger partial charge on any atom is -0.508 e. The second-order valence-electron chi connectivity index (χ2n) is 10.6. The van der Waals surface area contributed by atoms with Crippen molar-refractivity contribution in [1.29, 1.82) is 0 Å². The molecule has 38 heavy (non-hydrogen) atoms. The molecule has 0 fully saturated rings. The standard InChI is InChI=1S/C33H44O5/c1-4-6-8-10-12-24-17-26(31(36)20-29(24)34)15-23-14-22(3)33(38)28(16-23)19-27-18-25(13-11-9-7-5-2)30(35)21-32(27)37/h14,16-18,20-21,34-38H,4-13,15,19H2,1-3H3. The fourth-order valence-electron chi connectivity index (χ4n) is 5.11. The highest BCUT2D eigenvalue weighted by molar-refractivity contribution is 5.52. The van der Waals surface area contributed by atoms with Gasteiger partial charge in [-0.05, 0) is 83.7 Å². The van der Waals surface area contributed by atoms with Gasteiger partial charge in [0.2, 0.25) is 0 Å². The van der Waals surface area contributed by atoms with E-state index in [4.69, 9.17) is 0 Å². The lowest BCUT2D eigenvalue weighted by atomic mass is 9.93. The maximum absolute atomic E-state index is 10.8. The summed E-state index contributed by atoms with van der Waals surface area (Å²) in [5.41, 5.74) is 5.34. The molecule has 0 aromatic heterocycles. The van der Waals surface area contributed by atoms with Crippen molar-refractivity contribution in [3.63, 3.8) is 0 Å². The van der Waals surface area contributed by atoms with E-state index in [0.29, 0.717) is 29.5 Å². The van der Waals surface area contributed by atoms with E-state index in [1.165, 1.54) is 12.1 Å². The minimum atomic E-state index is 0.00570. The molecule has 0 saturated carbocycles. The SMILES string of the molecule is CCCCCCc1cc(Cc2cc(C)c(O)c(Cc3cc(CCCCCC)c(O)cc3O)c2)c(O)cc1O. The molecule has 0 saturated heterocycles. The quantitative estimate of drug-likeness (QED) is 0.139. The molecule has 5 nitrogen and oxygen atoms in total. The molecular weight excluding hydrogens is 476 g/mol. The van der Waals surface area contributed by atoms with Crippen LogP contribution in [0.5, 0.6) is 28.7 Å². The first kappa shape index (κ1) is 29.2. The van der Waals surface area contributed by atoms with Gasteiger partial charge >= 0.3 is 0 Å². The molecule has 0 amide bonds. The number of benzene rings is 3. The minimum absolute atomic E-state index is 0.00570. The summed E-state index contributed by atoms with van der Waals surface area (Å²) < 4.78 is 0. The first-order chi connectivity index (χ1) is 18.2. The van der Waals surface area contributed by atoms with Gasteiger partial charge in [0, 0.05) is 25.0 Å². The van der Waals surface area contributed by atoms with Crippen LogP contribution in [0.3, 0.4) is 0 Å². The van der Waals surface area contributed by atoms with Crippen LogP contribution in [0, 0.1) is 6.92 Å². The Morgan fingerprint density at radius 3 is 1.45 bits per heavy atom. The number of phenols is 5. The zero-order chi connectivity index (χ0) is 27.7. The number of aromatic hydroxyl groups is 5. The lowest BCUT2D eigenvalue weighted by Gasteiger charge is -2.15. The summed E-state index contributed by atoms with van der Waals surface area (Å²) >= 11 is 0. The number of unbranched alkanes of at least 4 members (excludes halogenated alkanes) is 6. The fourth-order valence-corrected chi connectivity index (χ4v) is 5.11. The van der Waals surface area contributed by atoms with Crippen LogP contribution >= 0.6 is 0 Å². The first-order valence-electron chi connectivity index (χ1n) is 14.1. The van der Waals surface area contributed by atoms with E-state index in [2.05, 4.69) is 13.8 Å². The molecule has 0 aliphatic rings. The molecule has 5 heteroatoms. The van der Waals surface area contributed by atoms with Gasteiger partial charge in [-0.2, -0.15) is 0 Å². The number of phenolic OH excluding ortho intramolecular Hbond substituents is 5. The van der Waals surface area contributed by atoms with Crippen LogP contribution < -0.4 is 0 Å². The summed E-state index contributed by atoms with van der Waals surface area (Å²) in [4.78, 5) is 0. The molecule has 0 heterocycles. The molecule has 0 spiro atoms. The molecule has 3 rings (SSSR count). The molecule has 0 atom stereocenters. The first-order valence-corrected chi connectivity index (χ1v) is 14.1. The predicted octanol–water partition coefficient (Wildman–Crippen LogP) is 7.95. The third kappa shape index (κ3) is 7.83. The third-order valence-electron chi connectivity index (χ3n) is 7.37. The predicted molar refractivity (Wildman–Crippen MR) is 154 cm³/mol. The van der Waals surface area contributed by atoms with Gasteiger partial charge in [-0.15, -0.1) is 0 Å². The lowest BCUT2D eigenvalue weighted by Crippen LogP contribution is -1.99. The molecule has 3 aromatic carbocycles. The smallest absolute Gasteiger partial charge is 0.122 e. The highest BCUT2D eigenvalue weighted by atomic mass is 16.3. The Bertz CT molecular complexity index is 1210. The van der Waals surface area contributed by atoms with Crippen LogP contribution in [0.2, 0.25) is 0 Å². The molecule has 3 aromatic rings. The van der Waals surface area contributed by atoms with Gasteiger partial charge in [0.25, 0.3) is 0 Å². The molecule has 0 unspecified atom stereocenters. The highest BCUT2D eigenvalue weighted by Gasteiger charge is 2.15. The van der Waals surface area contributed by atoms with Crippen molar-refractivity contribution >= 4 is 0 Å². The molecule has 0 radical (unpaired) electrons. The summed E-state index contributed by atoms with van der Waals surface area (Å²) in [5, 5.41) is 52.6. The average Bonchev–Trinajstić information content (AvgIpc) is 2.87. The van der Waals surface area contributed by atoms with Crippen LogP contribution in [-0.2, 0) is 25.7 Å². The molecule has 0 bridgehead atoms. The summed E-state index contributed by atoms with van der Waals surface area (Å²) in [6.45, 7) is 6.17. The van der Waals surface area contributed by atoms with Gasteiger partial charge in [-0.25, -0.2) is 0 Å². The largest absolute Gasteiger partial charge is 0.508 e. The third-order valence-corrected chi connectivity index (χ3v) is 7.37. The number of hydrogen-bond donors (Lipinski definition) is 5. The van der Waals surface area contributed by atoms with E-state index >= 15 is 0 Å². The molecule has 0 aliphatic carbocycles. The van der Waals surface area contributed by atoms with Crippen molar-refractivity contribution < 1.29 is 25.5 Å². The van der Waals surface area contributed by atoms with Crippen LogP contribution in [0.1, 0.15) is 104 Å². The van der Waals surface area contributed by atoms with E-state index in [-0.39, 0.29) is 28.7 Å². The Kier molecular flexibility index (Phi) is 10.8. The second-order valence-corrected chi connectivity index (χ2v) is 10.6. The maximum atomic E-state index is 10.8. The van der Waals surface area contributed by atoms with E-state index in [1.54, 1.807) is 0 Å². The van der Waals surface area contributed by atoms with Crippen LogP contribution in [-0.4, -0.2) is 25.5 Å². The number of rotatable bonds is 14. The van der Waals surface area contributed by atoms with Gasteiger partial charge < -0.3 is 25.5 Å². The Labute approximate surface area is 227 Å². The van der Waals surface area contributed by atoms with Crippen LogP contribution in [0.4, 0.5) is 0 Å². The van der Waals surface area contributed by atoms with E-state index in [9.17, 15) is 25.5 Å². The Morgan fingerprint density at radius 1 is 0.474 bits per heavy atom. The highest BCUT2D eigenvalue weighted by Crippen LogP contribution is 2.35. The van der Waals surface area contributed by atoms with Gasteiger partial charge in [0.05, 0.1) is 0 Å². The number of hydrogen-bond acceptors (Lipinski definition) is 5. The zero-order valence-electron chi connectivity index (χ0n) is 23.2. The number of aryl methyl sites for hydroxylation is 3. The van der Waals surface area contributed by atoms with Crippen LogP contribution in [0.15, 0.2) is 36.4 Å². The van der Waals surface area contributed by atoms with Crippen LogP contribution in [0.25, 0.3) is 0 Å². The molecule has 206 valence electrons. The summed E-state index contributed by atoms with van der Waals surface area (Å²) in [7, 11) is 0. The molecule has 5 N–H and O–H groups in total. The van der Waals surface area contributed by atoms with Crippen molar-refractivity contribution in [2.45, 2.75) is 97.8 Å². The van der Waals surface area contributed by atoms with Gasteiger partial charge in [0.15, 0.2) is 0 Å². The second kappa shape index (κ2) is 14.0. The monoisotopic (exact) mass is 520 g/mol. The Hall–Kier alpha value is -3.34.